The predicted molar refractivity (Wildman–Crippen MR) is 81.0 cm³/mol. The Hall–Kier alpha value is -2.55. The van der Waals surface area contributed by atoms with Crippen LogP contribution in [0.3, 0.4) is 0 Å². The summed E-state index contributed by atoms with van der Waals surface area (Å²) < 4.78 is 82.7. The summed E-state index contributed by atoms with van der Waals surface area (Å²) in [6, 6.07) is 2.77. The predicted octanol–water partition coefficient (Wildman–Crippen LogP) is 3.68. The van der Waals surface area contributed by atoms with Gasteiger partial charge in [-0.15, -0.1) is 0 Å². The number of methoxy groups -OCH3 is 3. The minimum absolute atomic E-state index is 0.200. The van der Waals surface area contributed by atoms with E-state index in [-0.39, 0.29) is 22.8 Å². The molecule has 0 radical (unpaired) electrons. The van der Waals surface area contributed by atoms with Gasteiger partial charge < -0.3 is 19.3 Å². The van der Waals surface area contributed by atoms with E-state index in [0.29, 0.717) is 0 Å². The molecule has 0 saturated heterocycles. The van der Waals surface area contributed by atoms with Gasteiger partial charge in [-0.2, -0.15) is 0 Å². The van der Waals surface area contributed by atoms with E-state index in [2.05, 4.69) is 0 Å². The summed E-state index contributed by atoms with van der Waals surface area (Å²) in [7, 11) is 4.03. The fraction of sp³-hybridized carbons (Fsp3) is 0.294. The molecule has 4 nitrogen and oxygen atoms in total. The van der Waals surface area contributed by atoms with Gasteiger partial charge in [-0.05, 0) is 17.7 Å². The first-order chi connectivity index (χ1) is 12.3. The first-order valence-electron chi connectivity index (χ1n) is 7.25. The van der Waals surface area contributed by atoms with E-state index in [4.69, 9.17) is 14.2 Å². The van der Waals surface area contributed by atoms with Gasteiger partial charge in [0.05, 0.1) is 33.0 Å². The fourth-order valence-corrected chi connectivity index (χ4v) is 2.49. The second kappa shape index (κ2) is 7.77. The second-order valence-corrected chi connectivity index (χ2v) is 5.24. The van der Waals surface area contributed by atoms with Gasteiger partial charge in [0.15, 0.2) is 34.8 Å². The van der Waals surface area contributed by atoms with E-state index >= 15 is 0 Å². The maximum Gasteiger partial charge on any atom is 0.203 e. The van der Waals surface area contributed by atoms with Crippen LogP contribution in [-0.2, 0) is 6.42 Å². The molecule has 2 rings (SSSR count). The smallest absolute Gasteiger partial charge is 0.203 e. The molecule has 0 saturated carbocycles. The van der Waals surface area contributed by atoms with Crippen molar-refractivity contribution in [3.63, 3.8) is 0 Å². The van der Waals surface area contributed by atoms with E-state index < -0.39 is 47.2 Å². The minimum atomic E-state index is -2.29. The lowest BCUT2D eigenvalue weighted by molar-refractivity contribution is 0.163. The van der Waals surface area contributed by atoms with Crippen molar-refractivity contribution in [2.75, 3.05) is 21.3 Å². The Bertz CT molecular complexity index is 771. The zero-order valence-corrected chi connectivity index (χ0v) is 14.0. The monoisotopic (exact) mass is 378 g/mol. The molecule has 0 unspecified atom stereocenters. The van der Waals surface area contributed by atoms with Crippen molar-refractivity contribution in [3.05, 3.63) is 52.3 Å². The Kier molecular flexibility index (Phi) is 5.91. The standard InChI is InChI=1S/C17H15F5O4/c1-24-9-5-7(6-10(25-2)17(9)26-3)4-8(23)11-12(18)14(20)16(22)15(21)13(11)19/h5-6,8,23H,4H2,1-3H3/t8-/m0/s1. The highest BCUT2D eigenvalue weighted by molar-refractivity contribution is 5.54. The molecule has 0 fully saturated rings. The van der Waals surface area contributed by atoms with Crippen LogP contribution in [0, 0.1) is 29.1 Å². The van der Waals surface area contributed by atoms with E-state index in [1.54, 1.807) is 0 Å². The number of aliphatic hydroxyl groups is 1. The van der Waals surface area contributed by atoms with Crippen LogP contribution in [0.15, 0.2) is 12.1 Å². The molecule has 0 amide bonds. The summed E-state index contributed by atoms with van der Waals surface area (Å²) in [5, 5.41) is 10.1. The topological polar surface area (TPSA) is 47.9 Å². The molecule has 0 spiro atoms. The summed E-state index contributed by atoms with van der Waals surface area (Å²) in [4.78, 5) is 0. The van der Waals surface area contributed by atoms with E-state index in [9.17, 15) is 27.1 Å². The Labute approximate surface area is 145 Å². The number of hydrogen-bond donors (Lipinski definition) is 1. The van der Waals surface area contributed by atoms with E-state index in [0.717, 1.165) is 0 Å². The van der Waals surface area contributed by atoms with Crippen LogP contribution in [0.1, 0.15) is 17.2 Å². The molecule has 0 bridgehead atoms. The molecule has 0 aliphatic carbocycles. The van der Waals surface area contributed by atoms with Crippen molar-refractivity contribution < 1.29 is 41.3 Å². The lowest BCUT2D eigenvalue weighted by atomic mass is 9.99. The van der Waals surface area contributed by atoms with Gasteiger partial charge in [0, 0.05) is 6.42 Å². The normalized spacial score (nSPS) is 12.0. The van der Waals surface area contributed by atoms with Gasteiger partial charge in [-0.3, -0.25) is 0 Å². The Morgan fingerprint density at radius 3 is 1.58 bits per heavy atom. The molecule has 9 heteroatoms. The van der Waals surface area contributed by atoms with Crippen LogP contribution >= 0.6 is 0 Å². The summed E-state index contributed by atoms with van der Waals surface area (Å²) in [6.07, 6.45) is -2.46. The average Bonchev–Trinajstić information content (AvgIpc) is 2.63. The highest BCUT2D eigenvalue weighted by Crippen LogP contribution is 2.39. The van der Waals surface area contributed by atoms with Gasteiger partial charge >= 0.3 is 0 Å². The molecule has 0 aliphatic rings. The maximum absolute atomic E-state index is 13.8. The third-order valence-electron chi connectivity index (χ3n) is 3.73. The first-order valence-corrected chi connectivity index (χ1v) is 7.25. The zero-order chi connectivity index (χ0) is 19.6. The molecule has 2 aromatic carbocycles. The van der Waals surface area contributed by atoms with Crippen LogP contribution in [0.5, 0.6) is 17.2 Å². The molecule has 1 atom stereocenters. The number of rotatable bonds is 6. The van der Waals surface area contributed by atoms with Crippen molar-refractivity contribution >= 4 is 0 Å². The Balaban J connectivity index is 2.47. The number of aliphatic hydroxyl groups excluding tert-OH is 1. The first kappa shape index (κ1) is 19.8. The molecule has 0 aromatic heterocycles. The summed E-state index contributed by atoms with van der Waals surface area (Å²) in [5.74, 6) is -10.1. The van der Waals surface area contributed by atoms with Gasteiger partial charge in [0.2, 0.25) is 11.6 Å². The number of ether oxygens (including phenoxy) is 3. The van der Waals surface area contributed by atoms with Crippen molar-refractivity contribution in [3.8, 4) is 17.2 Å². The Morgan fingerprint density at radius 1 is 0.769 bits per heavy atom. The molecule has 0 heterocycles. The highest BCUT2D eigenvalue weighted by Gasteiger charge is 2.30. The lowest BCUT2D eigenvalue weighted by Crippen LogP contribution is -2.13. The number of hydrogen-bond acceptors (Lipinski definition) is 4. The Morgan fingerprint density at radius 2 is 1.19 bits per heavy atom. The molecular weight excluding hydrogens is 363 g/mol. The molecule has 26 heavy (non-hydrogen) atoms. The van der Waals surface area contributed by atoms with Crippen LogP contribution < -0.4 is 14.2 Å². The lowest BCUT2D eigenvalue weighted by Gasteiger charge is -2.17. The summed E-state index contributed by atoms with van der Waals surface area (Å²) in [5.41, 5.74) is -1.05. The molecule has 142 valence electrons. The van der Waals surface area contributed by atoms with Gasteiger partial charge in [0.25, 0.3) is 0 Å². The molecule has 2 aromatic rings. The van der Waals surface area contributed by atoms with Crippen molar-refractivity contribution in [2.24, 2.45) is 0 Å². The fourth-order valence-electron chi connectivity index (χ4n) is 2.49. The minimum Gasteiger partial charge on any atom is -0.493 e. The van der Waals surface area contributed by atoms with E-state index in [1.165, 1.54) is 33.5 Å². The van der Waals surface area contributed by atoms with Crippen LogP contribution in [0.2, 0.25) is 0 Å². The van der Waals surface area contributed by atoms with Crippen molar-refractivity contribution in [1.82, 2.24) is 0 Å². The summed E-state index contributed by atoms with van der Waals surface area (Å²) >= 11 is 0. The average molecular weight is 378 g/mol. The van der Waals surface area contributed by atoms with Gasteiger partial charge in [-0.1, -0.05) is 0 Å². The SMILES string of the molecule is COc1cc(C[C@H](O)c2c(F)c(F)c(F)c(F)c2F)cc(OC)c1OC. The third kappa shape index (κ3) is 3.39. The zero-order valence-electron chi connectivity index (χ0n) is 14.0. The molecular formula is C17H15F5O4. The molecule has 1 N–H and O–H groups in total. The van der Waals surface area contributed by atoms with Crippen molar-refractivity contribution in [1.29, 1.82) is 0 Å². The second-order valence-electron chi connectivity index (χ2n) is 5.24. The van der Waals surface area contributed by atoms with Crippen molar-refractivity contribution in [2.45, 2.75) is 12.5 Å². The maximum atomic E-state index is 13.8. The van der Waals surface area contributed by atoms with Gasteiger partial charge in [-0.25, -0.2) is 22.0 Å². The van der Waals surface area contributed by atoms with E-state index in [1.807, 2.05) is 0 Å². The van der Waals surface area contributed by atoms with Crippen LogP contribution in [0.25, 0.3) is 0 Å². The largest absolute Gasteiger partial charge is 0.493 e. The highest BCUT2D eigenvalue weighted by atomic mass is 19.2. The molecule has 0 aliphatic heterocycles. The number of benzene rings is 2. The third-order valence-corrected chi connectivity index (χ3v) is 3.73. The summed E-state index contributed by atoms with van der Waals surface area (Å²) in [6.45, 7) is 0. The number of halogens is 5. The van der Waals surface area contributed by atoms with Crippen LogP contribution in [-0.4, -0.2) is 26.4 Å². The van der Waals surface area contributed by atoms with Gasteiger partial charge in [0.1, 0.15) is 0 Å². The quantitative estimate of drug-likeness (QED) is 0.473. The van der Waals surface area contributed by atoms with Crippen LogP contribution in [0.4, 0.5) is 22.0 Å².